The summed E-state index contributed by atoms with van der Waals surface area (Å²) in [5.41, 5.74) is 2.46. The molecule has 112 valence electrons. The Balaban J connectivity index is 2.05. The van der Waals surface area contributed by atoms with Crippen molar-refractivity contribution >= 4 is 17.3 Å². The van der Waals surface area contributed by atoms with E-state index in [4.69, 9.17) is 16.3 Å². The standard InChI is InChI=1S/C16H25ClN2O/c1-16(2,3)18-12-13-5-6-15(14(17)11-13)19-7-4-9-20-10-8-19/h5-6,11,18H,4,7-10,12H2,1-3H3. The molecule has 2 rings (SSSR count). The highest BCUT2D eigenvalue weighted by molar-refractivity contribution is 6.33. The lowest BCUT2D eigenvalue weighted by atomic mass is 10.1. The molecular weight excluding hydrogens is 272 g/mol. The largest absolute Gasteiger partial charge is 0.380 e. The predicted molar refractivity (Wildman–Crippen MR) is 85.7 cm³/mol. The van der Waals surface area contributed by atoms with Crippen LogP contribution in [0.1, 0.15) is 32.8 Å². The molecule has 20 heavy (non-hydrogen) atoms. The minimum Gasteiger partial charge on any atom is -0.380 e. The van der Waals surface area contributed by atoms with Gasteiger partial charge in [-0.15, -0.1) is 0 Å². The van der Waals surface area contributed by atoms with Crippen molar-refractivity contribution in [1.29, 1.82) is 0 Å². The fourth-order valence-corrected chi connectivity index (χ4v) is 2.59. The summed E-state index contributed by atoms with van der Waals surface area (Å²) < 4.78 is 5.49. The van der Waals surface area contributed by atoms with Crippen LogP contribution in [0.4, 0.5) is 5.69 Å². The maximum Gasteiger partial charge on any atom is 0.0642 e. The molecule has 1 aromatic carbocycles. The summed E-state index contributed by atoms with van der Waals surface area (Å²) in [6.45, 7) is 10.9. The number of rotatable bonds is 3. The average molecular weight is 297 g/mol. The Bertz CT molecular complexity index is 435. The molecule has 1 saturated heterocycles. The van der Waals surface area contributed by atoms with E-state index in [0.29, 0.717) is 0 Å². The molecule has 0 saturated carbocycles. The first kappa shape index (κ1) is 15.6. The molecule has 0 aromatic heterocycles. The van der Waals surface area contributed by atoms with E-state index in [1.807, 2.05) is 0 Å². The van der Waals surface area contributed by atoms with Crippen LogP contribution in [0.2, 0.25) is 5.02 Å². The van der Waals surface area contributed by atoms with Gasteiger partial charge in [-0.1, -0.05) is 17.7 Å². The van der Waals surface area contributed by atoms with Gasteiger partial charge in [0.2, 0.25) is 0 Å². The maximum atomic E-state index is 6.46. The molecule has 0 unspecified atom stereocenters. The Morgan fingerprint density at radius 3 is 2.75 bits per heavy atom. The third kappa shape index (κ3) is 4.65. The van der Waals surface area contributed by atoms with E-state index in [9.17, 15) is 0 Å². The smallest absolute Gasteiger partial charge is 0.0642 e. The van der Waals surface area contributed by atoms with Crippen molar-refractivity contribution < 1.29 is 4.74 Å². The lowest BCUT2D eigenvalue weighted by Gasteiger charge is -2.24. The Morgan fingerprint density at radius 2 is 2.05 bits per heavy atom. The Morgan fingerprint density at radius 1 is 1.25 bits per heavy atom. The van der Waals surface area contributed by atoms with Gasteiger partial charge < -0.3 is 15.0 Å². The molecule has 0 atom stereocenters. The molecule has 4 heteroatoms. The Hall–Kier alpha value is -0.770. The van der Waals surface area contributed by atoms with Crippen molar-refractivity contribution in [2.75, 3.05) is 31.2 Å². The van der Waals surface area contributed by atoms with Crippen LogP contribution in [0.5, 0.6) is 0 Å². The van der Waals surface area contributed by atoms with Gasteiger partial charge in [0.15, 0.2) is 0 Å². The lowest BCUT2D eigenvalue weighted by Crippen LogP contribution is -2.35. The molecule has 1 N–H and O–H groups in total. The van der Waals surface area contributed by atoms with Crippen LogP contribution in [0.3, 0.4) is 0 Å². The fourth-order valence-electron chi connectivity index (χ4n) is 2.27. The van der Waals surface area contributed by atoms with Gasteiger partial charge in [0.25, 0.3) is 0 Å². The van der Waals surface area contributed by atoms with Crippen LogP contribution in [0, 0.1) is 0 Å². The molecule has 0 spiro atoms. The van der Waals surface area contributed by atoms with E-state index in [2.05, 4.69) is 49.2 Å². The van der Waals surface area contributed by atoms with Crippen LogP contribution < -0.4 is 10.2 Å². The molecule has 0 amide bonds. The zero-order chi connectivity index (χ0) is 14.6. The zero-order valence-corrected chi connectivity index (χ0v) is 13.5. The Labute approximate surface area is 127 Å². The monoisotopic (exact) mass is 296 g/mol. The van der Waals surface area contributed by atoms with Crippen LogP contribution in [0.25, 0.3) is 0 Å². The van der Waals surface area contributed by atoms with E-state index in [-0.39, 0.29) is 5.54 Å². The number of hydrogen-bond acceptors (Lipinski definition) is 3. The van der Waals surface area contributed by atoms with Gasteiger partial charge in [-0.3, -0.25) is 0 Å². The van der Waals surface area contributed by atoms with Crippen LogP contribution in [0.15, 0.2) is 18.2 Å². The van der Waals surface area contributed by atoms with Crippen molar-refractivity contribution in [2.24, 2.45) is 0 Å². The normalized spacial score (nSPS) is 17.1. The van der Waals surface area contributed by atoms with E-state index < -0.39 is 0 Å². The fraction of sp³-hybridized carbons (Fsp3) is 0.625. The quantitative estimate of drug-likeness (QED) is 0.924. The summed E-state index contributed by atoms with van der Waals surface area (Å²) in [4.78, 5) is 2.32. The number of anilines is 1. The molecular formula is C16H25ClN2O. The maximum absolute atomic E-state index is 6.46. The second-order valence-electron chi connectivity index (χ2n) is 6.34. The molecule has 1 fully saturated rings. The van der Waals surface area contributed by atoms with Crippen molar-refractivity contribution in [3.63, 3.8) is 0 Å². The molecule has 1 aliphatic heterocycles. The van der Waals surface area contributed by atoms with Gasteiger partial charge in [-0.2, -0.15) is 0 Å². The third-order valence-corrected chi connectivity index (χ3v) is 3.70. The number of ether oxygens (including phenoxy) is 1. The summed E-state index contributed by atoms with van der Waals surface area (Å²) >= 11 is 6.46. The molecule has 1 aliphatic rings. The SMILES string of the molecule is CC(C)(C)NCc1ccc(N2CCCOCC2)c(Cl)c1. The first-order valence-corrected chi connectivity index (χ1v) is 7.70. The van der Waals surface area contributed by atoms with Crippen molar-refractivity contribution in [3.8, 4) is 0 Å². The number of nitrogens with one attached hydrogen (secondary N) is 1. The number of benzene rings is 1. The van der Waals surface area contributed by atoms with E-state index >= 15 is 0 Å². The second kappa shape index (κ2) is 6.79. The number of nitrogens with zero attached hydrogens (tertiary/aromatic N) is 1. The van der Waals surface area contributed by atoms with Gasteiger partial charge in [0, 0.05) is 31.8 Å². The first-order valence-electron chi connectivity index (χ1n) is 7.32. The highest BCUT2D eigenvalue weighted by Crippen LogP contribution is 2.27. The summed E-state index contributed by atoms with van der Waals surface area (Å²) in [7, 11) is 0. The van der Waals surface area contributed by atoms with E-state index in [1.54, 1.807) is 0 Å². The van der Waals surface area contributed by atoms with E-state index in [1.165, 1.54) is 5.56 Å². The topological polar surface area (TPSA) is 24.5 Å². The molecule has 0 aliphatic carbocycles. The first-order chi connectivity index (χ1) is 9.46. The molecule has 1 aromatic rings. The highest BCUT2D eigenvalue weighted by atomic mass is 35.5. The minimum atomic E-state index is 0.118. The molecule has 0 bridgehead atoms. The minimum absolute atomic E-state index is 0.118. The highest BCUT2D eigenvalue weighted by Gasteiger charge is 2.14. The van der Waals surface area contributed by atoms with Crippen LogP contribution >= 0.6 is 11.6 Å². The third-order valence-electron chi connectivity index (χ3n) is 3.40. The predicted octanol–water partition coefficient (Wildman–Crippen LogP) is 3.45. The summed E-state index contributed by atoms with van der Waals surface area (Å²) in [5.74, 6) is 0. The van der Waals surface area contributed by atoms with Crippen molar-refractivity contribution in [1.82, 2.24) is 5.32 Å². The van der Waals surface area contributed by atoms with Gasteiger partial charge in [0.1, 0.15) is 0 Å². The van der Waals surface area contributed by atoms with Gasteiger partial charge in [0.05, 0.1) is 17.3 Å². The Kier molecular flexibility index (Phi) is 5.30. The van der Waals surface area contributed by atoms with Crippen LogP contribution in [-0.4, -0.2) is 31.8 Å². The number of hydrogen-bond donors (Lipinski definition) is 1. The summed E-state index contributed by atoms with van der Waals surface area (Å²) in [5, 5.41) is 4.32. The lowest BCUT2D eigenvalue weighted by molar-refractivity contribution is 0.152. The second-order valence-corrected chi connectivity index (χ2v) is 6.75. The molecule has 0 radical (unpaired) electrons. The van der Waals surface area contributed by atoms with Crippen molar-refractivity contribution in [2.45, 2.75) is 39.3 Å². The van der Waals surface area contributed by atoms with Gasteiger partial charge in [-0.05, 0) is 44.9 Å². The average Bonchev–Trinajstić information content (AvgIpc) is 2.64. The molecule has 3 nitrogen and oxygen atoms in total. The van der Waals surface area contributed by atoms with Crippen LogP contribution in [-0.2, 0) is 11.3 Å². The molecule has 1 heterocycles. The number of halogens is 1. The van der Waals surface area contributed by atoms with Crippen molar-refractivity contribution in [3.05, 3.63) is 28.8 Å². The zero-order valence-electron chi connectivity index (χ0n) is 12.7. The van der Waals surface area contributed by atoms with E-state index in [0.717, 1.165) is 50.0 Å². The summed E-state index contributed by atoms with van der Waals surface area (Å²) in [6, 6.07) is 6.36. The summed E-state index contributed by atoms with van der Waals surface area (Å²) in [6.07, 6.45) is 1.06. The van der Waals surface area contributed by atoms with Gasteiger partial charge >= 0.3 is 0 Å². The van der Waals surface area contributed by atoms with Gasteiger partial charge in [-0.25, -0.2) is 0 Å².